The second-order valence-electron chi connectivity index (χ2n) is 14.9. The number of nitrogen functional groups attached to an aromatic ring is 3. The van der Waals surface area contributed by atoms with Crippen molar-refractivity contribution in [3.8, 4) is 0 Å². The number of phosphoric ester groups is 3. The van der Waals surface area contributed by atoms with E-state index in [1.165, 1.54) is 26.4 Å². The van der Waals surface area contributed by atoms with E-state index in [4.69, 9.17) is 58.6 Å². The number of nitrogens with two attached hydrogens (primary N) is 3. The van der Waals surface area contributed by atoms with Crippen LogP contribution in [0.5, 0.6) is 0 Å². The van der Waals surface area contributed by atoms with Gasteiger partial charge in [0.1, 0.15) is 90.5 Å². The summed E-state index contributed by atoms with van der Waals surface area (Å²) in [5, 5.41) is 33.0. The van der Waals surface area contributed by atoms with Crippen LogP contribution in [0.1, 0.15) is 18.7 Å². The van der Waals surface area contributed by atoms with E-state index in [1.807, 2.05) is 0 Å². The van der Waals surface area contributed by atoms with Crippen molar-refractivity contribution in [2.75, 3.05) is 37.0 Å². The molecule has 36 heteroatoms. The fourth-order valence-electron chi connectivity index (χ4n) is 7.95. The topological polar surface area (TPSA) is 465 Å². The van der Waals surface area contributed by atoms with Crippen LogP contribution >= 0.6 is 23.5 Å². The summed E-state index contributed by atoms with van der Waals surface area (Å²) in [6.45, 7) is -2.69. The molecule has 3 unspecified atom stereocenters. The van der Waals surface area contributed by atoms with E-state index < -0.39 is 117 Å². The lowest BCUT2D eigenvalue weighted by Gasteiger charge is -2.26. The van der Waals surface area contributed by atoms with Crippen molar-refractivity contribution in [3.63, 3.8) is 0 Å². The smallest absolute Gasteiger partial charge is 0.394 e. The average molecular weight is 988 g/mol. The number of aliphatic hydroxyl groups excluding tert-OH is 3. The van der Waals surface area contributed by atoms with Crippen molar-refractivity contribution in [2.45, 2.75) is 73.6 Å². The van der Waals surface area contributed by atoms with Gasteiger partial charge in [0.15, 0.2) is 53.1 Å². The molecule has 0 radical (unpaired) electrons. The summed E-state index contributed by atoms with van der Waals surface area (Å²) in [7, 11) is -15.4. The predicted octanol–water partition coefficient (Wildman–Crippen LogP) is -2.45. The normalized spacial score (nSPS) is 34.1. The molecule has 4 aliphatic rings. The second-order valence-corrected chi connectivity index (χ2v) is 19.1. The number of phosphoric acid groups is 3. The number of fused-ring (bicyclic) bond motifs is 4. The maximum Gasteiger partial charge on any atom is 0.473 e. The van der Waals surface area contributed by atoms with E-state index in [9.17, 15) is 43.7 Å². The average Bonchev–Trinajstić information content (AvgIpc) is 4.14. The molecule has 0 spiro atoms. The van der Waals surface area contributed by atoms with E-state index in [2.05, 4.69) is 44.9 Å². The summed E-state index contributed by atoms with van der Waals surface area (Å²) in [5.41, 5.74) is 18.4. The molecule has 0 saturated carbocycles. The number of imidazole rings is 3. The molecule has 0 bridgehead atoms. The quantitative estimate of drug-likeness (QED) is 0.0511. The zero-order chi connectivity index (χ0) is 46.4. The number of ether oxygens (including phenoxy) is 3. The molecular weight excluding hydrogens is 951 g/mol. The van der Waals surface area contributed by atoms with Crippen molar-refractivity contribution in [2.24, 2.45) is 0 Å². The number of hydrogen-bond acceptors (Lipinski definition) is 27. The van der Waals surface area contributed by atoms with Crippen LogP contribution in [-0.4, -0.2) is 163 Å². The molecule has 4 aliphatic heterocycles. The first-order valence-electron chi connectivity index (χ1n) is 19.2. The maximum absolute atomic E-state index is 13.7. The van der Waals surface area contributed by atoms with Gasteiger partial charge in [-0.1, -0.05) is 0 Å². The highest BCUT2D eigenvalue weighted by Gasteiger charge is 2.59. The Hall–Kier alpha value is -4.86. The molecule has 12 N–H and O–H groups in total. The van der Waals surface area contributed by atoms with Crippen molar-refractivity contribution in [1.82, 2.24) is 58.6 Å². The Kier molecular flexibility index (Phi) is 11.4. The Morgan fingerprint density at radius 2 is 1.00 bits per heavy atom. The Bertz CT molecular complexity index is 2960. The molecule has 0 aromatic carbocycles. The lowest BCUT2D eigenvalue weighted by atomic mass is 10.1. The van der Waals surface area contributed by atoms with Gasteiger partial charge < -0.3 is 61.4 Å². The number of aliphatic hydroxyl groups is 3. The van der Waals surface area contributed by atoms with Crippen LogP contribution in [0.25, 0.3) is 33.5 Å². The summed E-state index contributed by atoms with van der Waals surface area (Å²) >= 11 is 0. The van der Waals surface area contributed by atoms with E-state index in [0.717, 1.165) is 25.3 Å². The second kappa shape index (κ2) is 16.7. The number of rotatable bonds is 14. The van der Waals surface area contributed by atoms with Gasteiger partial charge in [-0.05, 0) is 0 Å². The lowest BCUT2D eigenvalue weighted by Crippen LogP contribution is -2.37. The standard InChI is InChI=1S/C30H36N15O18P3/c31-22-13-25(37-4-34-22)43(7-40-13)28-16(47)18(10(1-46)57-28)60-64(49,50)55-2-11-19(17(48)29(58-11)44-8-41-14-23(32)35-5-38-26(14)44)61-65(51,52)56-3-12-20-21(63-66(53,54)62-20)30(59-12)45-9-42-15-24(33)36-6-39-27(15)45/h4-12,16-21,28-30,46-48H,1-3H2,(H,49,50)(H,51,52)(H,53,54)(H2,31,34,37)(H2,32,35,38)(H2,33,36,39)/t10-,11-,12-,16-,17-,18-,19-,20-,21-,28-,29-,30-/m1/s1. The van der Waals surface area contributed by atoms with Gasteiger partial charge in [-0.3, -0.25) is 40.8 Å². The van der Waals surface area contributed by atoms with E-state index in [1.54, 1.807) is 0 Å². The number of hydrogen-bond donors (Lipinski definition) is 9. The van der Waals surface area contributed by atoms with Crippen LogP contribution in [0.15, 0.2) is 38.0 Å². The van der Waals surface area contributed by atoms with Gasteiger partial charge >= 0.3 is 23.5 Å². The zero-order valence-electron chi connectivity index (χ0n) is 33.0. The number of aromatic nitrogens is 12. The number of nitrogens with zero attached hydrogens (tertiary/aromatic N) is 12. The Morgan fingerprint density at radius 3 is 1.47 bits per heavy atom. The molecular formula is C30H36N15O18P3. The summed E-state index contributed by atoms with van der Waals surface area (Å²) in [6.07, 6.45) is -11.7. The van der Waals surface area contributed by atoms with Crippen LogP contribution in [-0.2, 0) is 55.0 Å². The van der Waals surface area contributed by atoms with Crippen molar-refractivity contribution >= 4 is 74.4 Å². The highest BCUT2D eigenvalue weighted by Crippen LogP contribution is 2.59. The van der Waals surface area contributed by atoms with Gasteiger partial charge in [-0.25, -0.2) is 58.6 Å². The minimum absolute atomic E-state index is 0.0175. The third-order valence-electron chi connectivity index (χ3n) is 10.9. The molecule has 15 atom stereocenters. The van der Waals surface area contributed by atoms with Gasteiger partial charge in [-0.2, -0.15) is 0 Å². The Balaban J connectivity index is 0.865. The Morgan fingerprint density at radius 1 is 0.606 bits per heavy atom. The summed E-state index contributed by atoms with van der Waals surface area (Å²) < 4.78 is 93.1. The molecule has 354 valence electrons. The fourth-order valence-corrected chi connectivity index (χ4v) is 11.0. The monoisotopic (exact) mass is 987 g/mol. The predicted molar refractivity (Wildman–Crippen MR) is 211 cm³/mol. The third-order valence-corrected chi connectivity index (χ3v) is 13.9. The van der Waals surface area contributed by atoms with Gasteiger partial charge in [0, 0.05) is 0 Å². The van der Waals surface area contributed by atoms with Gasteiger partial charge in [0.2, 0.25) is 0 Å². The van der Waals surface area contributed by atoms with Gasteiger partial charge in [0.25, 0.3) is 0 Å². The van der Waals surface area contributed by atoms with E-state index in [0.29, 0.717) is 0 Å². The first-order chi connectivity index (χ1) is 31.4. The largest absolute Gasteiger partial charge is 0.473 e. The summed E-state index contributed by atoms with van der Waals surface area (Å²) in [6, 6.07) is 0. The SMILES string of the molecule is Nc1ncnc2c1ncn2[C@@H]1O[C@H](CO)[C@@H](OP(=O)(O)OC[C@H]2O[C@@H](n3cnc4c(N)ncnc43)[C@H](O)[C@@H]2OP(=O)(O)OC[C@H]2O[C@@H](n3cnc4c(N)ncnc43)[C@@H]3OP(=O)(O)O[C@@H]32)[C@H]1O. The van der Waals surface area contributed by atoms with Crippen LogP contribution in [0.3, 0.4) is 0 Å². The first-order valence-corrected chi connectivity index (χ1v) is 23.6. The molecule has 10 rings (SSSR count). The van der Waals surface area contributed by atoms with E-state index >= 15 is 0 Å². The van der Waals surface area contributed by atoms with Crippen molar-refractivity contribution in [3.05, 3.63) is 38.0 Å². The van der Waals surface area contributed by atoms with Crippen LogP contribution in [0.4, 0.5) is 17.5 Å². The van der Waals surface area contributed by atoms with Crippen LogP contribution < -0.4 is 17.2 Å². The highest BCUT2D eigenvalue weighted by atomic mass is 31.2. The highest BCUT2D eigenvalue weighted by molar-refractivity contribution is 7.48. The van der Waals surface area contributed by atoms with Crippen molar-refractivity contribution in [1.29, 1.82) is 0 Å². The third kappa shape index (κ3) is 7.99. The molecule has 4 saturated heterocycles. The molecule has 6 aromatic rings. The van der Waals surface area contributed by atoms with Crippen LogP contribution in [0, 0.1) is 0 Å². The summed E-state index contributed by atoms with van der Waals surface area (Å²) in [5.74, 6) is -0.00466. The molecule has 33 nitrogen and oxygen atoms in total. The summed E-state index contributed by atoms with van der Waals surface area (Å²) in [4.78, 5) is 68.6. The van der Waals surface area contributed by atoms with Gasteiger partial charge in [-0.15, -0.1) is 0 Å². The molecule has 0 amide bonds. The van der Waals surface area contributed by atoms with Gasteiger partial charge in [0.05, 0.1) is 38.8 Å². The molecule has 6 aromatic heterocycles. The minimum Gasteiger partial charge on any atom is -0.394 e. The zero-order valence-corrected chi connectivity index (χ0v) is 35.7. The van der Waals surface area contributed by atoms with Crippen LogP contribution in [0.2, 0.25) is 0 Å². The van der Waals surface area contributed by atoms with Crippen molar-refractivity contribution < 1.29 is 85.0 Å². The molecule has 10 heterocycles. The molecule has 66 heavy (non-hydrogen) atoms. The Labute approximate surface area is 366 Å². The number of anilines is 3. The first kappa shape index (κ1) is 44.9. The van der Waals surface area contributed by atoms with E-state index in [-0.39, 0.29) is 50.9 Å². The molecule has 4 fully saturated rings. The lowest BCUT2D eigenvalue weighted by molar-refractivity contribution is -0.0654. The maximum atomic E-state index is 13.7. The minimum atomic E-state index is -5.38. The fraction of sp³-hybridized carbons (Fsp3) is 0.500. The molecule has 0 aliphatic carbocycles.